The third-order valence-corrected chi connectivity index (χ3v) is 7.25. The minimum absolute atomic E-state index is 0.0598. The van der Waals surface area contributed by atoms with E-state index in [1.807, 2.05) is 6.07 Å². The summed E-state index contributed by atoms with van der Waals surface area (Å²) in [7, 11) is 0. The van der Waals surface area contributed by atoms with Gasteiger partial charge in [-0.05, 0) is 43.4 Å². The number of H-pyrrole nitrogens is 1. The van der Waals surface area contributed by atoms with Gasteiger partial charge in [0.2, 0.25) is 10.1 Å². The van der Waals surface area contributed by atoms with E-state index in [1.165, 1.54) is 22.3 Å². The van der Waals surface area contributed by atoms with E-state index >= 15 is 0 Å². The SMILES string of the molecule is CCN1CCN(c2nnc(C(=O)NC(CCC(C)C)Cc3c[nH]c4ccccc34)s2)CC1. The van der Waals surface area contributed by atoms with Crippen molar-refractivity contribution < 1.29 is 4.79 Å². The average Bonchev–Trinajstić information content (AvgIpc) is 3.45. The molecular formula is C24H34N6OS. The Bertz CT molecular complexity index is 1020. The Morgan fingerprint density at radius 1 is 1.16 bits per heavy atom. The molecule has 1 saturated heterocycles. The van der Waals surface area contributed by atoms with Gasteiger partial charge in [-0.15, -0.1) is 10.2 Å². The maximum absolute atomic E-state index is 13.0. The second-order valence-electron chi connectivity index (χ2n) is 9.02. The zero-order chi connectivity index (χ0) is 22.5. The molecule has 1 aliphatic rings. The first-order valence-electron chi connectivity index (χ1n) is 11.7. The predicted octanol–water partition coefficient (Wildman–Crippen LogP) is 3.94. The zero-order valence-corrected chi connectivity index (χ0v) is 20.1. The van der Waals surface area contributed by atoms with Crippen molar-refractivity contribution >= 4 is 33.3 Å². The first-order chi connectivity index (χ1) is 15.5. The Hall–Kier alpha value is -2.45. The molecule has 0 radical (unpaired) electrons. The van der Waals surface area contributed by atoms with Crippen LogP contribution in [0.15, 0.2) is 30.5 Å². The maximum Gasteiger partial charge on any atom is 0.282 e. The van der Waals surface area contributed by atoms with E-state index in [9.17, 15) is 4.79 Å². The standard InChI is InChI=1S/C24H34N6OS/c1-4-29-11-13-30(14-12-29)24-28-27-23(32-24)22(31)26-19(10-9-17(2)3)15-18-16-25-21-8-6-5-7-20(18)21/h5-8,16-17,19,25H,4,9-15H2,1-3H3,(H,26,31). The summed E-state index contributed by atoms with van der Waals surface area (Å²) in [6, 6.07) is 8.38. The lowest BCUT2D eigenvalue weighted by molar-refractivity contribution is 0.0932. The minimum Gasteiger partial charge on any atom is -0.361 e. The molecule has 2 N–H and O–H groups in total. The quantitative estimate of drug-likeness (QED) is 0.512. The van der Waals surface area contributed by atoms with E-state index in [0.29, 0.717) is 10.9 Å². The van der Waals surface area contributed by atoms with Gasteiger partial charge in [-0.2, -0.15) is 0 Å². The highest BCUT2D eigenvalue weighted by Crippen LogP contribution is 2.23. The Morgan fingerprint density at radius 2 is 1.94 bits per heavy atom. The number of nitrogens with zero attached hydrogens (tertiary/aromatic N) is 4. The van der Waals surface area contributed by atoms with Gasteiger partial charge >= 0.3 is 0 Å². The number of benzene rings is 1. The smallest absolute Gasteiger partial charge is 0.282 e. The molecule has 7 nitrogen and oxygen atoms in total. The molecule has 0 saturated carbocycles. The molecule has 1 atom stereocenters. The minimum atomic E-state index is -0.116. The Labute approximate surface area is 194 Å². The molecule has 1 aromatic carbocycles. The van der Waals surface area contributed by atoms with Gasteiger partial charge in [0.25, 0.3) is 5.91 Å². The van der Waals surface area contributed by atoms with Crippen LogP contribution >= 0.6 is 11.3 Å². The average molecular weight is 455 g/mol. The number of rotatable bonds is 9. The summed E-state index contributed by atoms with van der Waals surface area (Å²) in [5.41, 5.74) is 2.37. The van der Waals surface area contributed by atoms with Gasteiger partial charge in [-0.1, -0.05) is 50.3 Å². The lowest BCUT2D eigenvalue weighted by Crippen LogP contribution is -2.46. The number of nitrogens with one attached hydrogen (secondary N) is 2. The van der Waals surface area contributed by atoms with Gasteiger partial charge in [0.15, 0.2) is 0 Å². The molecule has 0 spiro atoms. The molecule has 8 heteroatoms. The van der Waals surface area contributed by atoms with Crippen molar-refractivity contribution in [2.75, 3.05) is 37.6 Å². The number of fused-ring (bicyclic) bond motifs is 1. The van der Waals surface area contributed by atoms with Crippen molar-refractivity contribution in [1.82, 2.24) is 25.4 Å². The van der Waals surface area contributed by atoms with Crippen molar-refractivity contribution in [3.05, 3.63) is 41.0 Å². The summed E-state index contributed by atoms with van der Waals surface area (Å²) >= 11 is 1.40. The van der Waals surface area contributed by atoms with Gasteiger partial charge in [0, 0.05) is 49.3 Å². The third kappa shape index (κ3) is 5.48. The van der Waals surface area contributed by atoms with Crippen LogP contribution in [0.4, 0.5) is 5.13 Å². The molecule has 172 valence electrons. The fourth-order valence-corrected chi connectivity index (χ4v) is 5.06. The van der Waals surface area contributed by atoms with Gasteiger partial charge < -0.3 is 20.1 Å². The fourth-order valence-electron chi connectivity index (χ4n) is 4.26. The second kappa shape index (κ2) is 10.4. The zero-order valence-electron chi connectivity index (χ0n) is 19.3. The monoisotopic (exact) mass is 454 g/mol. The van der Waals surface area contributed by atoms with E-state index in [1.54, 1.807) is 0 Å². The molecule has 0 bridgehead atoms. The first kappa shape index (κ1) is 22.7. The molecule has 32 heavy (non-hydrogen) atoms. The highest BCUT2D eigenvalue weighted by Gasteiger charge is 2.23. The van der Waals surface area contributed by atoms with Crippen LogP contribution < -0.4 is 10.2 Å². The van der Waals surface area contributed by atoms with Gasteiger partial charge in [0.05, 0.1) is 0 Å². The van der Waals surface area contributed by atoms with Crippen molar-refractivity contribution in [2.45, 2.75) is 46.1 Å². The Morgan fingerprint density at radius 3 is 2.69 bits per heavy atom. The molecule has 3 heterocycles. The number of carbonyl (C=O) groups excluding carboxylic acids is 1. The van der Waals surface area contributed by atoms with Crippen LogP contribution in [0.25, 0.3) is 10.9 Å². The lowest BCUT2D eigenvalue weighted by Gasteiger charge is -2.33. The van der Waals surface area contributed by atoms with Crippen molar-refractivity contribution in [3.8, 4) is 0 Å². The first-order valence-corrected chi connectivity index (χ1v) is 12.5. The van der Waals surface area contributed by atoms with Crippen LogP contribution in [0.2, 0.25) is 0 Å². The van der Waals surface area contributed by atoms with Crippen molar-refractivity contribution in [2.24, 2.45) is 5.92 Å². The van der Waals surface area contributed by atoms with Crippen LogP contribution in [0, 0.1) is 5.92 Å². The summed E-state index contributed by atoms with van der Waals surface area (Å²) < 4.78 is 0. The van der Waals surface area contributed by atoms with Gasteiger partial charge in [-0.3, -0.25) is 4.79 Å². The second-order valence-corrected chi connectivity index (χ2v) is 9.97. The number of para-hydroxylation sites is 1. The lowest BCUT2D eigenvalue weighted by atomic mass is 9.97. The molecule has 3 aromatic rings. The molecule has 1 aliphatic heterocycles. The van der Waals surface area contributed by atoms with Crippen LogP contribution in [-0.4, -0.2) is 64.8 Å². The summed E-state index contributed by atoms with van der Waals surface area (Å²) in [6.45, 7) is 11.6. The fraction of sp³-hybridized carbons (Fsp3) is 0.542. The Kier molecular flexibility index (Phi) is 7.42. The van der Waals surface area contributed by atoms with Crippen LogP contribution in [0.1, 0.15) is 49.0 Å². The van der Waals surface area contributed by atoms with Crippen LogP contribution in [0.3, 0.4) is 0 Å². The summed E-state index contributed by atoms with van der Waals surface area (Å²) in [6.07, 6.45) is 4.87. The highest BCUT2D eigenvalue weighted by molar-refractivity contribution is 7.17. The Balaban J connectivity index is 1.42. The van der Waals surface area contributed by atoms with E-state index in [0.717, 1.165) is 62.6 Å². The van der Waals surface area contributed by atoms with E-state index in [-0.39, 0.29) is 11.9 Å². The molecule has 4 rings (SSSR count). The summed E-state index contributed by atoms with van der Waals surface area (Å²) in [5, 5.41) is 14.3. The normalized spacial score (nSPS) is 16.1. The highest BCUT2D eigenvalue weighted by atomic mass is 32.1. The van der Waals surface area contributed by atoms with E-state index in [4.69, 9.17) is 0 Å². The van der Waals surface area contributed by atoms with Gasteiger partial charge in [-0.25, -0.2) is 0 Å². The topological polar surface area (TPSA) is 77.2 Å². The number of piperazine rings is 1. The number of carbonyl (C=O) groups is 1. The summed E-state index contributed by atoms with van der Waals surface area (Å²) in [5.74, 6) is 0.474. The number of aromatic amines is 1. The number of aromatic nitrogens is 3. The van der Waals surface area contributed by atoms with E-state index < -0.39 is 0 Å². The largest absolute Gasteiger partial charge is 0.361 e. The van der Waals surface area contributed by atoms with Crippen molar-refractivity contribution in [3.63, 3.8) is 0 Å². The van der Waals surface area contributed by atoms with Gasteiger partial charge in [0.1, 0.15) is 0 Å². The van der Waals surface area contributed by atoms with E-state index in [2.05, 4.69) is 75.5 Å². The predicted molar refractivity (Wildman–Crippen MR) is 132 cm³/mol. The third-order valence-electron chi connectivity index (χ3n) is 6.27. The number of amides is 1. The number of anilines is 1. The van der Waals surface area contributed by atoms with Crippen LogP contribution in [0.5, 0.6) is 0 Å². The number of hydrogen-bond donors (Lipinski definition) is 2. The molecule has 1 fully saturated rings. The molecule has 2 aromatic heterocycles. The maximum atomic E-state index is 13.0. The number of hydrogen-bond acceptors (Lipinski definition) is 6. The van der Waals surface area contributed by atoms with Crippen LogP contribution in [-0.2, 0) is 6.42 Å². The molecule has 0 aliphatic carbocycles. The summed E-state index contributed by atoms with van der Waals surface area (Å²) in [4.78, 5) is 21.1. The molecule has 1 unspecified atom stereocenters. The molecule has 1 amide bonds. The van der Waals surface area contributed by atoms with Crippen molar-refractivity contribution in [1.29, 1.82) is 0 Å². The number of likely N-dealkylation sites (N-methyl/N-ethyl adjacent to an activating group) is 1. The molecular weight excluding hydrogens is 420 g/mol.